The van der Waals surface area contributed by atoms with Gasteiger partial charge in [-0.3, -0.25) is 4.90 Å². The third-order valence-electron chi connectivity index (χ3n) is 2.59. The molecule has 2 heterocycles. The first-order valence-corrected chi connectivity index (χ1v) is 4.83. The molecule has 1 aliphatic rings. The van der Waals surface area contributed by atoms with E-state index in [1.807, 2.05) is 13.1 Å². The molecule has 0 amide bonds. The van der Waals surface area contributed by atoms with Crippen molar-refractivity contribution in [3.8, 4) is 0 Å². The third-order valence-corrected chi connectivity index (χ3v) is 2.59. The summed E-state index contributed by atoms with van der Waals surface area (Å²) in [6.45, 7) is 7.40. The largest absolute Gasteiger partial charge is 0.297 e. The first kappa shape index (κ1) is 8.63. The molecule has 0 N–H and O–H groups in total. The maximum absolute atomic E-state index is 4.46. The summed E-state index contributed by atoms with van der Waals surface area (Å²) in [4.78, 5) is 11.1. The molecule has 3 nitrogen and oxygen atoms in total. The quantitative estimate of drug-likeness (QED) is 0.644. The molecule has 13 heavy (non-hydrogen) atoms. The van der Waals surface area contributed by atoms with E-state index in [1.165, 1.54) is 11.3 Å². The van der Waals surface area contributed by atoms with E-state index < -0.39 is 0 Å². The molecule has 0 saturated carbocycles. The van der Waals surface area contributed by atoms with Crippen molar-refractivity contribution in [2.24, 2.45) is 0 Å². The van der Waals surface area contributed by atoms with Crippen LogP contribution in [0.25, 0.3) is 0 Å². The molecular weight excluding hydrogens is 162 g/mol. The summed E-state index contributed by atoms with van der Waals surface area (Å²) in [7, 11) is 0. The van der Waals surface area contributed by atoms with Crippen LogP contribution < -0.4 is 0 Å². The molecule has 0 fully saturated rings. The van der Waals surface area contributed by atoms with Crippen LogP contribution in [0.15, 0.2) is 6.20 Å². The molecule has 1 aromatic heterocycles. The predicted molar refractivity (Wildman–Crippen MR) is 51.4 cm³/mol. The lowest BCUT2D eigenvalue weighted by Crippen LogP contribution is -2.31. The zero-order chi connectivity index (χ0) is 9.26. The Morgan fingerprint density at radius 1 is 1.54 bits per heavy atom. The topological polar surface area (TPSA) is 29.0 Å². The van der Waals surface area contributed by atoms with Crippen LogP contribution in [-0.4, -0.2) is 28.0 Å². The smallest absolute Gasteiger partial charge is 0.125 e. The van der Waals surface area contributed by atoms with Gasteiger partial charge in [0.1, 0.15) is 5.82 Å². The highest BCUT2D eigenvalue weighted by molar-refractivity contribution is 5.20. The Labute approximate surface area is 78.8 Å². The highest BCUT2D eigenvalue weighted by atomic mass is 15.1. The predicted octanol–water partition coefficient (Wildman–Crippen LogP) is 1.16. The molecule has 0 unspecified atom stereocenters. The summed E-state index contributed by atoms with van der Waals surface area (Å²) in [6, 6.07) is 0. The average molecular weight is 177 g/mol. The van der Waals surface area contributed by atoms with Gasteiger partial charge in [-0.15, -0.1) is 0 Å². The summed E-state index contributed by atoms with van der Waals surface area (Å²) >= 11 is 0. The molecule has 0 radical (unpaired) electrons. The van der Waals surface area contributed by atoms with E-state index >= 15 is 0 Å². The van der Waals surface area contributed by atoms with Crippen molar-refractivity contribution in [1.82, 2.24) is 14.9 Å². The van der Waals surface area contributed by atoms with Crippen LogP contribution in [0.2, 0.25) is 0 Å². The molecule has 3 heteroatoms. The second kappa shape index (κ2) is 3.42. The molecule has 70 valence electrons. The van der Waals surface area contributed by atoms with Crippen molar-refractivity contribution < 1.29 is 0 Å². The van der Waals surface area contributed by atoms with Crippen molar-refractivity contribution in [3.63, 3.8) is 0 Å². The van der Waals surface area contributed by atoms with Gasteiger partial charge in [-0.2, -0.15) is 0 Å². The lowest BCUT2D eigenvalue weighted by atomic mass is 10.1. The SMILES string of the molecule is CCN1CCc2cnc(C)nc2C1. The number of hydrogen-bond acceptors (Lipinski definition) is 3. The van der Waals surface area contributed by atoms with E-state index in [0.29, 0.717) is 0 Å². The van der Waals surface area contributed by atoms with E-state index in [1.54, 1.807) is 0 Å². The van der Waals surface area contributed by atoms with Gasteiger partial charge in [-0.25, -0.2) is 9.97 Å². The fourth-order valence-corrected chi connectivity index (χ4v) is 1.73. The number of rotatable bonds is 1. The number of nitrogens with zero attached hydrogens (tertiary/aromatic N) is 3. The molecule has 1 aromatic rings. The van der Waals surface area contributed by atoms with Gasteiger partial charge in [-0.1, -0.05) is 6.92 Å². The summed E-state index contributed by atoms with van der Waals surface area (Å²) < 4.78 is 0. The number of likely N-dealkylation sites (N-methyl/N-ethyl adjacent to an activating group) is 1. The Morgan fingerprint density at radius 2 is 2.38 bits per heavy atom. The number of hydrogen-bond donors (Lipinski definition) is 0. The van der Waals surface area contributed by atoms with E-state index in [-0.39, 0.29) is 0 Å². The van der Waals surface area contributed by atoms with Crippen molar-refractivity contribution in [3.05, 3.63) is 23.3 Å². The molecule has 0 atom stereocenters. The number of fused-ring (bicyclic) bond motifs is 1. The molecule has 0 spiro atoms. The first-order chi connectivity index (χ1) is 6.29. The molecular formula is C10H15N3. The zero-order valence-corrected chi connectivity index (χ0v) is 8.25. The van der Waals surface area contributed by atoms with Crippen molar-refractivity contribution in [2.45, 2.75) is 26.8 Å². The summed E-state index contributed by atoms with van der Waals surface area (Å²) in [5.41, 5.74) is 2.55. The van der Waals surface area contributed by atoms with Gasteiger partial charge in [0.15, 0.2) is 0 Å². The maximum Gasteiger partial charge on any atom is 0.125 e. The Balaban J connectivity index is 2.27. The standard InChI is InChI=1S/C10H15N3/c1-3-13-5-4-9-6-11-8(2)12-10(9)7-13/h6H,3-5,7H2,1-2H3. The third kappa shape index (κ3) is 1.70. The Morgan fingerprint density at radius 3 is 3.15 bits per heavy atom. The average Bonchev–Trinajstić information content (AvgIpc) is 2.16. The van der Waals surface area contributed by atoms with Gasteiger partial charge < -0.3 is 0 Å². The van der Waals surface area contributed by atoms with Gasteiger partial charge >= 0.3 is 0 Å². The second-order valence-electron chi connectivity index (χ2n) is 3.51. The van der Waals surface area contributed by atoms with Crippen molar-refractivity contribution >= 4 is 0 Å². The van der Waals surface area contributed by atoms with Crippen LogP contribution >= 0.6 is 0 Å². The van der Waals surface area contributed by atoms with E-state index in [9.17, 15) is 0 Å². The monoisotopic (exact) mass is 177 g/mol. The van der Waals surface area contributed by atoms with Crippen LogP contribution in [-0.2, 0) is 13.0 Å². The maximum atomic E-state index is 4.46. The van der Waals surface area contributed by atoms with Gasteiger partial charge in [0.25, 0.3) is 0 Å². The number of aromatic nitrogens is 2. The van der Waals surface area contributed by atoms with Crippen LogP contribution in [0.4, 0.5) is 0 Å². The Bertz CT molecular complexity index is 309. The number of aryl methyl sites for hydroxylation is 1. The molecule has 0 bridgehead atoms. The van der Waals surface area contributed by atoms with Crippen LogP contribution in [0.3, 0.4) is 0 Å². The van der Waals surface area contributed by atoms with Gasteiger partial charge in [0, 0.05) is 19.3 Å². The highest BCUT2D eigenvalue weighted by Gasteiger charge is 2.15. The summed E-state index contributed by atoms with van der Waals surface area (Å²) in [5.74, 6) is 0.886. The zero-order valence-electron chi connectivity index (χ0n) is 8.25. The fourth-order valence-electron chi connectivity index (χ4n) is 1.73. The Hall–Kier alpha value is -0.960. The van der Waals surface area contributed by atoms with E-state index in [2.05, 4.69) is 21.8 Å². The van der Waals surface area contributed by atoms with E-state index in [4.69, 9.17) is 0 Å². The second-order valence-corrected chi connectivity index (χ2v) is 3.51. The van der Waals surface area contributed by atoms with Crippen molar-refractivity contribution in [1.29, 1.82) is 0 Å². The summed E-state index contributed by atoms with van der Waals surface area (Å²) in [6.07, 6.45) is 3.08. The van der Waals surface area contributed by atoms with Crippen LogP contribution in [0.1, 0.15) is 24.0 Å². The molecule has 0 saturated heterocycles. The van der Waals surface area contributed by atoms with Gasteiger partial charge in [0.2, 0.25) is 0 Å². The van der Waals surface area contributed by atoms with Gasteiger partial charge in [-0.05, 0) is 25.5 Å². The first-order valence-electron chi connectivity index (χ1n) is 4.83. The van der Waals surface area contributed by atoms with Crippen molar-refractivity contribution in [2.75, 3.05) is 13.1 Å². The van der Waals surface area contributed by atoms with Gasteiger partial charge in [0.05, 0.1) is 5.69 Å². The van der Waals surface area contributed by atoms with Crippen LogP contribution in [0.5, 0.6) is 0 Å². The molecule has 2 rings (SSSR count). The minimum absolute atomic E-state index is 0.886. The van der Waals surface area contributed by atoms with Crippen LogP contribution in [0, 0.1) is 6.92 Å². The Kier molecular flexibility index (Phi) is 2.27. The lowest BCUT2D eigenvalue weighted by molar-refractivity contribution is 0.263. The summed E-state index contributed by atoms with van der Waals surface area (Å²) in [5, 5.41) is 0. The lowest BCUT2D eigenvalue weighted by Gasteiger charge is -2.26. The minimum Gasteiger partial charge on any atom is -0.297 e. The normalized spacial score (nSPS) is 17.1. The van der Waals surface area contributed by atoms with E-state index in [0.717, 1.165) is 31.9 Å². The fraction of sp³-hybridized carbons (Fsp3) is 0.600. The highest BCUT2D eigenvalue weighted by Crippen LogP contribution is 2.15. The molecule has 0 aromatic carbocycles. The molecule has 1 aliphatic heterocycles. The minimum atomic E-state index is 0.886. The molecule has 0 aliphatic carbocycles.